The molecule has 1 heterocycles. The first-order valence-corrected chi connectivity index (χ1v) is 21.5. The highest BCUT2D eigenvalue weighted by Gasteiger charge is 2.22. The number of nitrogens with one attached hydrogen (secondary N) is 1. The number of benzene rings is 1. The average Bonchev–Trinajstić information content (AvgIpc) is 3.56. The number of imidazole rings is 1. The number of hydrogen-bond donors (Lipinski definition) is 1. The van der Waals surface area contributed by atoms with Gasteiger partial charge in [0.1, 0.15) is 12.4 Å². The third-order valence-corrected chi connectivity index (χ3v) is 10.7. The topological polar surface area (TPSA) is 19.7 Å². The van der Waals surface area contributed by atoms with Crippen molar-refractivity contribution in [1.29, 1.82) is 0 Å². The lowest BCUT2D eigenvalue weighted by molar-refractivity contribution is -0.704. The highest BCUT2D eigenvalue weighted by atomic mass is 15.1. The third kappa shape index (κ3) is 23.4. The summed E-state index contributed by atoms with van der Waals surface area (Å²) in [5, 5.41) is 0. The zero-order chi connectivity index (χ0) is 33.3. The Morgan fingerprint density at radius 3 is 1.26 bits per heavy atom. The Hall–Kier alpha value is -1.57. The van der Waals surface area contributed by atoms with Gasteiger partial charge in [0.05, 0.1) is 12.5 Å². The van der Waals surface area contributed by atoms with E-state index in [4.69, 9.17) is 0 Å². The van der Waals surface area contributed by atoms with Crippen LogP contribution in [0.1, 0.15) is 230 Å². The number of hydrogen-bond acceptors (Lipinski definition) is 0. The van der Waals surface area contributed by atoms with E-state index in [1.165, 1.54) is 217 Å². The molecule has 270 valence electrons. The lowest BCUT2D eigenvalue weighted by Crippen LogP contribution is -2.37. The molecule has 0 aliphatic carbocycles. The Kier molecular flexibility index (Phi) is 28.0. The van der Waals surface area contributed by atoms with Gasteiger partial charge in [0, 0.05) is 0 Å². The van der Waals surface area contributed by atoms with E-state index in [1.54, 1.807) is 0 Å². The molecule has 2 rings (SSSR count). The summed E-state index contributed by atoms with van der Waals surface area (Å²) in [6.45, 7) is 5.75. The van der Waals surface area contributed by atoms with Crippen molar-refractivity contribution in [3.8, 4) is 0 Å². The number of nitrogens with zero attached hydrogens (tertiary/aromatic N) is 1. The summed E-state index contributed by atoms with van der Waals surface area (Å²) in [6.07, 6.45) is 50.0. The van der Waals surface area contributed by atoms with Gasteiger partial charge < -0.3 is 0 Å². The maximum Gasteiger partial charge on any atom is 0.257 e. The number of aromatic amines is 1. The molecule has 0 spiro atoms. The Balaban J connectivity index is 1.60. The molecule has 2 nitrogen and oxygen atoms in total. The summed E-state index contributed by atoms with van der Waals surface area (Å²) in [7, 11) is 0. The van der Waals surface area contributed by atoms with Gasteiger partial charge >= 0.3 is 0 Å². The molecule has 0 amide bonds. The van der Waals surface area contributed by atoms with Crippen LogP contribution >= 0.6 is 0 Å². The Morgan fingerprint density at radius 1 is 0.468 bits per heavy atom. The fraction of sp³-hybridized carbons (Fsp3) is 0.800. The van der Waals surface area contributed by atoms with Crippen molar-refractivity contribution < 1.29 is 4.57 Å². The summed E-state index contributed by atoms with van der Waals surface area (Å²) in [4.78, 5) is 3.71. The van der Waals surface area contributed by atoms with Crippen LogP contribution in [0.3, 0.4) is 0 Å². The van der Waals surface area contributed by atoms with E-state index < -0.39 is 0 Å². The van der Waals surface area contributed by atoms with E-state index in [1.807, 2.05) is 0 Å². The van der Waals surface area contributed by atoms with Crippen molar-refractivity contribution in [2.75, 3.05) is 0 Å². The summed E-state index contributed by atoms with van der Waals surface area (Å²) < 4.78 is 2.56. The molecule has 0 radical (unpaired) electrons. The normalized spacial score (nSPS) is 12.2. The fourth-order valence-corrected chi connectivity index (χ4v) is 7.61. The standard InChI is InChI=1S/C45H80N2/c1-3-5-7-9-11-13-15-16-17-18-19-20-22-24-26-28-33-39-44(38-32-27-25-23-21-14-12-10-8-6-4-2)45-46-40-42-47(45)41-34-37-43-35-30-29-31-36-43/h29-31,35-36,40,42,44H,3-28,32-34,37-39,41H2,1-2H3/p+1/t44-/m0/s1. The zero-order valence-corrected chi connectivity index (χ0v) is 31.9. The van der Waals surface area contributed by atoms with Gasteiger partial charge in [0.2, 0.25) is 0 Å². The van der Waals surface area contributed by atoms with Crippen molar-refractivity contribution in [2.45, 2.75) is 232 Å². The maximum absolute atomic E-state index is 3.71. The van der Waals surface area contributed by atoms with Crippen LogP contribution in [0.15, 0.2) is 42.7 Å². The molecular weight excluding hydrogens is 569 g/mol. The lowest BCUT2D eigenvalue weighted by Gasteiger charge is -2.14. The molecule has 1 N–H and O–H groups in total. The molecule has 1 aromatic heterocycles. The predicted octanol–water partition coefficient (Wildman–Crippen LogP) is 14.8. The first-order chi connectivity index (χ1) is 23.3. The van der Waals surface area contributed by atoms with Gasteiger partial charge in [-0.1, -0.05) is 224 Å². The molecule has 0 saturated heterocycles. The van der Waals surface area contributed by atoms with E-state index in [9.17, 15) is 0 Å². The highest BCUT2D eigenvalue weighted by molar-refractivity contribution is 5.14. The third-order valence-electron chi connectivity index (χ3n) is 10.7. The highest BCUT2D eigenvalue weighted by Crippen LogP contribution is 2.26. The monoisotopic (exact) mass is 650 g/mol. The quantitative estimate of drug-likeness (QED) is 0.0566. The van der Waals surface area contributed by atoms with Gasteiger partial charge in [-0.2, -0.15) is 0 Å². The molecule has 0 aliphatic rings. The van der Waals surface area contributed by atoms with Crippen LogP contribution in [0.25, 0.3) is 0 Å². The number of aryl methyl sites for hydroxylation is 2. The Morgan fingerprint density at radius 2 is 0.851 bits per heavy atom. The average molecular weight is 650 g/mol. The molecule has 1 atom stereocenters. The van der Waals surface area contributed by atoms with Crippen LogP contribution in [0, 0.1) is 0 Å². The van der Waals surface area contributed by atoms with E-state index in [2.05, 4.69) is 66.1 Å². The van der Waals surface area contributed by atoms with Crippen LogP contribution < -0.4 is 4.57 Å². The molecule has 0 bridgehead atoms. The number of rotatable bonds is 35. The molecular formula is C45H81N2+. The summed E-state index contributed by atoms with van der Waals surface area (Å²) in [5.41, 5.74) is 1.46. The number of unbranched alkanes of at least 4 members (excludes halogenated alkanes) is 26. The van der Waals surface area contributed by atoms with Crippen molar-refractivity contribution in [1.82, 2.24) is 4.98 Å². The van der Waals surface area contributed by atoms with Gasteiger partial charge in [-0.05, 0) is 31.2 Å². The second kappa shape index (κ2) is 31.7. The number of H-pyrrole nitrogens is 1. The van der Waals surface area contributed by atoms with Crippen LogP contribution in [0.4, 0.5) is 0 Å². The van der Waals surface area contributed by atoms with Gasteiger partial charge in [0.25, 0.3) is 5.82 Å². The minimum atomic E-state index is 0.691. The van der Waals surface area contributed by atoms with Gasteiger partial charge in [-0.15, -0.1) is 0 Å². The van der Waals surface area contributed by atoms with Crippen LogP contribution in [-0.4, -0.2) is 4.98 Å². The molecule has 2 heteroatoms. The largest absolute Gasteiger partial charge is 0.257 e. The zero-order valence-electron chi connectivity index (χ0n) is 31.9. The predicted molar refractivity (Wildman–Crippen MR) is 208 cm³/mol. The first-order valence-electron chi connectivity index (χ1n) is 21.5. The number of aromatic nitrogens is 2. The van der Waals surface area contributed by atoms with Crippen molar-refractivity contribution in [2.24, 2.45) is 0 Å². The van der Waals surface area contributed by atoms with Crippen LogP contribution in [-0.2, 0) is 13.0 Å². The Labute approximate surface area is 294 Å². The molecule has 0 unspecified atom stereocenters. The molecule has 0 fully saturated rings. The molecule has 2 aromatic rings. The molecule has 0 aliphatic heterocycles. The minimum absolute atomic E-state index is 0.691. The van der Waals surface area contributed by atoms with E-state index in [0.717, 1.165) is 6.54 Å². The smallest absolute Gasteiger partial charge is 0.247 e. The van der Waals surface area contributed by atoms with Crippen LogP contribution in [0.2, 0.25) is 0 Å². The molecule has 0 saturated carbocycles. The van der Waals surface area contributed by atoms with Crippen LogP contribution in [0.5, 0.6) is 0 Å². The van der Waals surface area contributed by atoms with Gasteiger partial charge in [-0.25, -0.2) is 9.55 Å². The van der Waals surface area contributed by atoms with Crippen molar-refractivity contribution in [3.05, 3.63) is 54.1 Å². The van der Waals surface area contributed by atoms with Crippen molar-refractivity contribution in [3.63, 3.8) is 0 Å². The lowest BCUT2D eigenvalue weighted by atomic mass is 9.93. The minimum Gasteiger partial charge on any atom is -0.247 e. The first kappa shape index (κ1) is 41.6. The maximum atomic E-state index is 3.71. The molecule has 47 heavy (non-hydrogen) atoms. The Bertz CT molecular complexity index is 886. The summed E-state index contributed by atoms with van der Waals surface area (Å²) in [5.74, 6) is 2.19. The van der Waals surface area contributed by atoms with E-state index in [-0.39, 0.29) is 0 Å². The second-order valence-electron chi connectivity index (χ2n) is 15.1. The van der Waals surface area contributed by atoms with Gasteiger partial charge in [-0.3, -0.25) is 0 Å². The summed E-state index contributed by atoms with van der Waals surface area (Å²) in [6, 6.07) is 11.0. The SMILES string of the molecule is CCCCCCCCCCCCCCCCCCC[C@H](CCCCCCCCCCCCC)c1[nH]cc[n+]1CCCc1ccccc1. The second-order valence-corrected chi connectivity index (χ2v) is 15.1. The summed E-state index contributed by atoms with van der Waals surface area (Å²) >= 11 is 0. The molecule has 1 aromatic carbocycles. The fourth-order valence-electron chi connectivity index (χ4n) is 7.61. The van der Waals surface area contributed by atoms with E-state index >= 15 is 0 Å². The van der Waals surface area contributed by atoms with Gasteiger partial charge in [0.15, 0.2) is 0 Å². The van der Waals surface area contributed by atoms with E-state index in [0.29, 0.717) is 5.92 Å². The van der Waals surface area contributed by atoms with Crippen molar-refractivity contribution >= 4 is 0 Å².